The van der Waals surface area contributed by atoms with Crippen molar-refractivity contribution in [1.82, 2.24) is 5.32 Å². The molecular weight excluding hydrogens is 244 g/mol. The summed E-state index contributed by atoms with van der Waals surface area (Å²) in [6.45, 7) is 4.20. The van der Waals surface area contributed by atoms with E-state index in [4.69, 9.17) is 10.5 Å². The molecule has 0 spiro atoms. The molecule has 0 fully saturated rings. The fourth-order valence-corrected chi connectivity index (χ4v) is 1.51. The summed E-state index contributed by atoms with van der Waals surface area (Å²) in [6.07, 6.45) is 1.91. The molecule has 1 aromatic carbocycles. The quantitative estimate of drug-likeness (QED) is 0.465. The average Bonchev–Trinajstić information content (AvgIpc) is 2.39. The zero-order chi connectivity index (χ0) is 14.3. The molecule has 5 nitrogen and oxygen atoms in total. The van der Waals surface area contributed by atoms with E-state index in [-0.39, 0.29) is 12.5 Å². The van der Waals surface area contributed by atoms with E-state index in [1.54, 1.807) is 12.1 Å². The van der Waals surface area contributed by atoms with E-state index in [1.165, 1.54) is 0 Å². The van der Waals surface area contributed by atoms with Crippen molar-refractivity contribution in [2.24, 2.45) is 0 Å². The van der Waals surface area contributed by atoms with Crippen LogP contribution in [0.25, 0.3) is 0 Å². The lowest BCUT2D eigenvalue weighted by atomic mass is 10.1. The molecule has 0 saturated heterocycles. The Bertz CT molecular complexity index is 458. The van der Waals surface area contributed by atoms with Crippen LogP contribution in [0.15, 0.2) is 18.2 Å². The standard InChI is InChI=1S/C14H20N2O3/c1-3-4-7-16-13(17)9-19-14(18)11-8-10(2)5-6-12(11)15/h5-6,8H,3-4,7,9,15H2,1-2H3,(H,16,17). The third-order valence-electron chi connectivity index (χ3n) is 2.62. The Labute approximate surface area is 113 Å². The second kappa shape index (κ2) is 7.41. The Morgan fingerprint density at radius 1 is 1.37 bits per heavy atom. The van der Waals surface area contributed by atoms with Crippen LogP contribution < -0.4 is 11.1 Å². The molecule has 0 aromatic heterocycles. The van der Waals surface area contributed by atoms with Gasteiger partial charge < -0.3 is 15.8 Å². The lowest BCUT2D eigenvalue weighted by molar-refractivity contribution is -0.124. The molecule has 0 saturated carbocycles. The number of carbonyl (C=O) groups excluding carboxylic acids is 2. The van der Waals surface area contributed by atoms with Gasteiger partial charge in [0.15, 0.2) is 6.61 Å². The number of ether oxygens (including phenoxy) is 1. The smallest absolute Gasteiger partial charge is 0.340 e. The fraction of sp³-hybridized carbons (Fsp3) is 0.429. The van der Waals surface area contributed by atoms with Gasteiger partial charge in [-0.25, -0.2) is 4.79 Å². The van der Waals surface area contributed by atoms with Crippen LogP contribution in [0.2, 0.25) is 0 Å². The van der Waals surface area contributed by atoms with Crippen molar-refractivity contribution in [3.05, 3.63) is 29.3 Å². The zero-order valence-corrected chi connectivity index (χ0v) is 11.4. The van der Waals surface area contributed by atoms with Crippen LogP contribution in [0.3, 0.4) is 0 Å². The minimum absolute atomic E-state index is 0.282. The topological polar surface area (TPSA) is 81.4 Å². The maximum atomic E-state index is 11.8. The summed E-state index contributed by atoms with van der Waals surface area (Å²) in [5.41, 5.74) is 7.25. The first-order valence-corrected chi connectivity index (χ1v) is 6.34. The maximum absolute atomic E-state index is 11.8. The first-order valence-electron chi connectivity index (χ1n) is 6.34. The Kier molecular flexibility index (Phi) is 5.85. The van der Waals surface area contributed by atoms with Crippen molar-refractivity contribution in [1.29, 1.82) is 0 Å². The molecule has 5 heteroatoms. The van der Waals surface area contributed by atoms with Gasteiger partial charge in [0.05, 0.1) is 5.56 Å². The lowest BCUT2D eigenvalue weighted by Gasteiger charge is -2.08. The molecule has 19 heavy (non-hydrogen) atoms. The van der Waals surface area contributed by atoms with Gasteiger partial charge in [-0.1, -0.05) is 25.0 Å². The number of benzene rings is 1. The van der Waals surface area contributed by atoms with Gasteiger partial charge in [0, 0.05) is 12.2 Å². The monoisotopic (exact) mass is 264 g/mol. The van der Waals surface area contributed by atoms with E-state index >= 15 is 0 Å². The van der Waals surface area contributed by atoms with Crippen LogP contribution in [0, 0.1) is 6.92 Å². The normalized spacial score (nSPS) is 10.0. The van der Waals surface area contributed by atoms with Crippen molar-refractivity contribution >= 4 is 17.6 Å². The number of anilines is 1. The molecule has 104 valence electrons. The fourth-order valence-electron chi connectivity index (χ4n) is 1.51. The van der Waals surface area contributed by atoms with Gasteiger partial charge >= 0.3 is 5.97 Å². The van der Waals surface area contributed by atoms with Gasteiger partial charge in [0.2, 0.25) is 0 Å². The number of nitrogen functional groups attached to an aromatic ring is 1. The van der Waals surface area contributed by atoms with Crippen molar-refractivity contribution in [2.75, 3.05) is 18.9 Å². The minimum Gasteiger partial charge on any atom is -0.452 e. The molecule has 0 atom stereocenters. The van der Waals surface area contributed by atoms with E-state index < -0.39 is 5.97 Å². The first kappa shape index (κ1) is 15.0. The summed E-state index contributed by atoms with van der Waals surface area (Å²) in [5.74, 6) is -0.875. The van der Waals surface area contributed by atoms with Crippen molar-refractivity contribution in [3.63, 3.8) is 0 Å². The molecule has 0 aliphatic heterocycles. The Morgan fingerprint density at radius 2 is 2.11 bits per heavy atom. The molecule has 3 N–H and O–H groups in total. The number of hydrogen-bond acceptors (Lipinski definition) is 4. The van der Waals surface area contributed by atoms with E-state index in [1.807, 2.05) is 19.9 Å². The lowest BCUT2D eigenvalue weighted by Crippen LogP contribution is -2.29. The number of amides is 1. The molecule has 0 aliphatic carbocycles. The number of nitrogens with one attached hydrogen (secondary N) is 1. The van der Waals surface area contributed by atoms with Gasteiger partial charge in [0.25, 0.3) is 5.91 Å². The molecule has 0 aliphatic rings. The molecule has 0 radical (unpaired) electrons. The van der Waals surface area contributed by atoms with Gasteiger partial charge in [-0.15, -0.1) is 0 Å². The number of aryl methyl sites for hydroxylation is 1. The highest BCUT2D eigenvalue weighted by molar-refractivity contribution is 5.96. The highest BCUT2D eigenvalue weighted by Gasteiger charge is 2.13. The number of hydrogen-bond donors (Lipinski definition) is 2. The number of nitrogens with two attached hydrogens (primary N) is 1. The van der Waals surface area contributed by atoms with Crippen LogP contribution >= 0.6 is 0 Å². The van der Waals surface area contributed by atoms with E-state index in [2.05, 4.69) is 5.32 Å². The largest absolute Gasteiger partial charge is 0.452 e. The minimum atomic E-state index is -0.577. The Hall–Kier alpha value is -2.04. The van der Waals surface area contributed by atoms with Crippen LogP contribution in [0.1, 0.15) is 35.7 Å². The SMILES string of the molecule is CCCCNC(=O)COC(=O)c1cc(C)ccc1N. The van der Waals surface area contributed by atoms with Crippen molar-refractivity contribution in [2.45, 2.75) is 26.7 Å². The number of unbranched alkanes of at least 4 members (excludes halogenated alkanes) is 1. The van der Waals surface area contributed by atoms with Crippen molar-refractivity contribution < 1.29 is 14.3 Å². The summed E-state index contributed by atoms with van der Waals surface area (Å²) in [4.78, 5) is 23.2. The van der Waals surface area contributed by atoms with Crippen LogP contribution in [-0.2, 0) is 9.53 Å². The van der Waals surface area contributed by atoms with Crippen LogP contribution in [0.4, 0.5) is 5.69 Å². The van der Waals surface area contributed by atoms with Gasteiger partial charge in [-0.2, -0.15) is 0 Å². The van der Waals surface area contributed by atoms with Gasteiger partial charge in [0.1, 0.15) is 0 Å². The van der Waals surface area contributed by atoms with Crippen LogP contribution in [0.5, 0.6) is 0 Å². The average molecular weight is 264 g/mol. The predicted molar refractivity (Wildman–Crippen MR) is 73.8 cm³/mol. The van der Waals surface area contributed by atoms with Gasteiger partial charge in [-0.05, 0) is 25.5 Å². The van der Waals surface area contributed by atoms with E-state index in [9.17, 15) is 9.59 Å². The van der Waals surface area contributed by atoms with Crippen LogP contribution in [-0.4, -0.2) is 25.0 Å². The molecule has 1 rings (SSSR count). The summed E-state index contributed by atoms with van der Waals surface area (Å²) in [5, 5.41) is 2.67. The number of rotatable bonds is 6. The van der Waals surface area contributed by atoms with E-state index in [0.717, 1.165) is 18.4 Å². The molecule has 0 heterocycles. The second-order valence-electron chi connectivity index (χ2n) is 4.37. The van der Waals surface area contributed by atoms with Crippen molar-refractivity contribution in [3.8, 4) is 0 Å². The Balaban J connectivity index is 2.47. The third kappa shape index (κ3) is 4.99. The summed E-state index contributed by atoms with van der Waals surface area (Å²) >= 11 is 0. The summed E-state index contributed by atoms with van der Waals surface area (Å²) in [6, 6.07) is 5.10. The highest BCUT2D eigenvalue weighted by atomic mass is 16.5. The number of esters is 1. The Morgan fingerprint density at radius 3 is 2.79 bits per heavy atom. The highest BCUT2D eigenvalue weighted by Crippen LogP contribution is 2.14. The van der Waals surface area contributed by atoms with E-state index in [0.29, 0.717) is 17.8 Å². The number of carbonyl (C=O) groups is 2. The molecule has 0 unspecified atom stereocenters. The zero-order valence-electron chi connectivity index (χ0n) is 11.4. The third-order valence-corrected chi connectivity index (χ3v) is 2.62. The maximum Gasteiger partial charge on any atom is 0.340 e. The molecular formula is C14H20N2O3. The molecule has 0 bridgehead atoms. The predicted octanol–water partition coefficient (Wildman–Crippen LogP) is 1.65. The molecule has 1 amide bonds. The van der Waals surface area contributed by atoms with Gasteiger partial charge in [-0.3, -0.25) is 4.79 Å². The second-order valence-corrected chi connectivity index (χ2v) is 4.37. The first-order chi connectivity index (χ1) is 9.04. The summed E-state index contributed by atoms with van der Waals surface area (Å²) in [7, 11) is 0. The molecule has 1 aromatic rings. The summed E-state index contributed by atoms with van der Waals surface area (Å²) < 4.78 is 4.93.